The predicted molar refractivity (Wildman–Crippen MR) is 55.8 cm³/mol. The lowest BCUT2D eigenvalue weighted by Gasteiger charge is -2.34. The van der Waals surface area contributed by atoms with Gasteiger partial charge in [0.1, 0.15) is 0 Å². The summed E-state index contributed by atoms with van der Waals surface area (Å²) >= 11 is 0. The van der Waals surface area contributed by atoms with Crippen LogP contribution in [-0.2, 0) is 0 Å². The second-order valence-corrected chi connectivity index (χ2v) is 4.29. The quantitative estimate of drug-likeness (QED) is 0.723. The third-order valence-corrected chi connectivity index (χ3v) is 3.47. The summed E-state index contributed by atoms with van der Waals surface area (Å²) in [6.07, 6.45) is 6.77. The van der Waals surface area contributed by atoms with E-state index >= 15 is 0 Å². The van der Waals surface area contributed by atoms with E-state index in [0.717, 1.165) is 18.5 Å². The average Bonchev–Trinajstić information content (AvgIpc) is 2.18. The molecule has 1 rings (SSSR count). The predicted octanol–water partition coefficient (Wildman–Crippen LogP) is 1.88. The van der Waals surface area contributed by atoms with Crippen molar-refractivity contribution in [1.29, 1.82) is 0 Å². The fourth-order valence-corrected chi connectivity index (χ4v) is 2.33. The molecule has 0 radical (unpaired) electrons. The van der Waals surface area contributed by atoms with Gasteiger partial charge in [-0.25, -0.2) is 0 Å². The first-order chi connectivity index (χ1) is 6.27. The van der Waals surface area contributed by atoms with E-state index in [1.54, 1.807) is 0 Å². The molecule has 2 heteroatoms. The minimum Gasteiger partial charge on any atom is -0.395 e. The van der Waals surface area contributed by atoms with Gasteiger partial charge in [0.15, 0.2) is 0 Å². The third kappa shape index (κ3) is 3.28. The molecule has 1 aliphatic carbocycles. The van der Waals surface area contributed by atoms with Crippen LogP contribution in [0.4, 0.5) is 0 Å². The molecule has 1 fully saturated rings. The molecule has 78 valence electrons. The summed E-state index contributed by atoms with van der Waals surface area (Å²) in [5.74, 6) is 0.971. The van der Waals surface area contributed by atoms with Gasteiger partial charge in [-0.3, -0.25) is 0 Å². The highest BCUT2D eigenvalue weighted by molar-refractivity contribution is 4.77. The first kappa shape index (κ1) is 11.0. The van der Waals surface area contributed by atoms with Crippen LogP contribution in [0.15, 0.2) is 0 Å². The molecule has 2 nitrogen and oxygen atoms in total. The van der Waals surface area contributed by atoms with Gasteiger partial charge in [-0.1, -0.05) is 13.3 Å². The maximum atomic E-state index is 8.82. The van der Waals surface area contributed by atoms with Gasteiger partial charge >= 0.3 is 0 Å². The Morgan fingerprint density at radius 1 is 1.23 bits per heavy atom. The first-order valence-electron chi connectivity index (χ1n) is 5.59. The molecule has 0 aromatic carbocycles. The Labute approximate surface area is 81.9 Å². The van der Waals surface area contributed by atoms with Gasteiger partial charge in [0.2, 0.25) is 0 Å². The zero-order chi connectivity index (χ0) is 9.68. The normalized spacial score (nSPS) is 29.5. The molecule has 0 bridgehead atoms. The van der Waals surface area contributed by atoms with E-state index in [0.29, 0.717) is 6.61 Å². The Balaban J connectivity index is 2.23. The SMILES string of the molecule is CCC1CCC(N(C)CCO)CC1. The van der Waals surface area contributed by atoms with Gasteiger partial charge in [-0.2, -0.15) is 0 Å². The zero-order valence-corrected chi connectivity index (χ0v) is 9.00. The van der Waals surface area contributed by atoms with E-state index in [1.165, 1.54) is 32.1 Å². The molecule has 0 saturated heterocycles. The van der Waals surface area contributed by atoms with E-state index in [-0.39, 0.29) is 0 Å². The molecule has 1 saturated carbocycles. The molecule has 1 N–H and O–H groups in total. The van der Waals surface area contributed by atoms with Crippen molar-refractivity contribution in [2.24, 2.45) is 5.92 Å². The van der Waals surface area contributed by atoms with Crippen LogP contribution < -0.4 is 0 Å². The van der Waals surface area contributed by atoms with E-state index in [9.17, 15) is 0 Å². The third-order valence-electron chi connectivity index (χ3n) is 3.47. The van der Waals surface area contributed by atoms with Crippen molar-refractivity contribution in [2.75, 3.05) is 20.2 Å². The molecule has 0 unspecified atom stereocenters. The fourth-order valence-electron chi connectivity index (χ4n) is 2.33. The smallest absolute Gasteiger partial charge is 0.0558 e. The summed E-state index contributed by atoms with van der Waals surface area (Å²) in [7, 11) is 2.13. The molecule has 0 aromatic heterocycles. The monoisotopic (exact) mass is 185 g/mol. The second kappa shape index (κ2) is 5.61. The summed E-state index contributed by atoms with van der Waals surface area (Å²) in [5.41, 5.74) is 0. The molecule has 0 aromatic rings. The van der Waals surface area contributed by atoms with Crippen LogP contribution in [0.3, 0.4) is 0 Å². The van der Waals surface area contributed by atoms with Crippen LogP contribution in [0.2, 0.25) is 0 Å². The Morgan fingerprint density at radius 3 is 2.31 bits per heavy atom. The summed E-state index contributed by atoms with van der Waals surface area (Å²) in [5, 5.41) is 8.82. The average molecular weight is 185 g/mol. The minimum atomic E-state index is 0.296. The van der Waals surface area contributed by atoms with Crippen LogP contribution >= 0.6 is 0 Å². The van der Waals surface area contributed by atoms with Crippen molar-refractivity contribution >= 4 is 0 Å². The molecule has 0 atom stereocenters. The molecule has 1 aliphatic rings. The van der Waals surface area contributed by atoms with Gasteiger partial charge in [-0.15, -0.1) is 0 Å². The van der Waals surface area contributed by atoms with E-state index in [4.69, 9.17) is 5.11 Å². The summed E-state index contributed by atoms with van der Waals surface area (Å²) in [6, 6.07) is 0.731. The number of aliphatic hydroxyl groups excluding tert-OH is 1. The van der Waals surface area contributed by atoms with Crippen molar-refractivity contribution in [3.63, 3.8) is 0 Å². The summed E-state index contributed by atoms with van der Waals surface area (Å²) in [6.45, 7) is 3.42. The number of aliphatic hydroxyl groups is 1. The molecule has 0 aliphatic heterocycles. The molecule has 0 amide bonds. The Kier molecular flexibility index (Phi) is 4.74. The maximum absolute atomic E-state index is 8.82. The van der Waals surface area contributed by atoms with E-state index < -0.39 is 0 Å². The van der Waals surface area contributed by atoms with Crippen molar-refractivity contribution in [3.05, 3.63) is 0 Å². The maximum Gasteiger partial charge on any atom is 0.0558 e. The fraction of sp³-hybridized carbons (Fsp3) is 1.00. The Morgan fingerprint density at radius 2 is 1.85 bits per heavy atom. The van der Waals surface area contributed by atoms with Gasteiger partial charge < -0.3 is 10.0 Å². The van der Waals surface area contributed by atoms with Crippen LogP contribution in [-0.4, -0.2) is 36.2 Å². The van der Waals surface area contributed by atoms with Crippen molar-refractivity contribution in [3.8, 4) is 0 Å². The molecular formula is C11H23NO. The second-order valence-electron chi connectivity index (χ2n) is 4.29. The van der Waals surface area contributed by atoms with Crippen LogP contribution in [0.5, 0.6) is 0 Å². The summed E-state index contributed by atoms with van der Waals surface area (Å²) in [4.78, 5) is 2.31. The van der Waals surface area contributed by atoms with Gasteiger partial charge in [-0.05, 0) is 38.6 Å². The first-order valence-corrected chi connectivity index (χ1v) is 5.59. The van der Waals surface area contributed by atoms with Gasteiger partial charge in [0, 0.05) is 12.6 Å². The summed E-state index contributed by atoms with van der Waals surface area (Å²) < 4.78 is 0. The highest BCUT2D eigenvalue weighted by atomic mass is 16.3. The molecule has 13 heavy (non-hydrogen) atoms. The Hall–Kier alpha value is -0.0800. The number of likely N-dealkylation sites (N-methyl/N-ethyl adjacent to an activating group) is 1. The Bertz CT molecular complexity index is 130. The van der Waals surface area contributed by atoms with Crippen LogP contribution in [0.1, 0.15) is 39.0 Å². The largest absolute Gasteiger partial charge is 0.395 e. The van der Waals surface area contributed by atoms with E-state index in [1.807, 2.05) is 0 Å². The lowest BCUT2D eigenvalue weighted by Crippen LogP contribution is -2.36. The zero-order valence-electron chi connectivity index (χ0n) is 9.00. The van der Waals surface area contributed by atoms with Gasteiger partial charge in [0.05, 0.1) is 6.61 Å². The van der Waals surface area contributed by atoms with Crippen molar-refractivity contribution in [1.82, 2.24) is 4.90 Å². The van der Waals surface area contributed by atoms with Crippen LogP contribution in [0, 0.1) is 5.92 Å². The van der Waals surface area contributed by atoms with Gasteiger partial charge in [0.25, 0.3) is 0 Å². The molecular weight excluding hydrogens is 162 g/mol. The number of hydrogen-bond acceptors (Lipinski definition) is 2. The highest BCUT2D eigenvalue weighted by Gasteiger charge is 2.22. The lowest BCUT2D eigenvalue weighted by molar-refractivity contribution is 0.135. The van der Waals surface area contributed by atoms with Crippen molar-refractivity contribution in [2.45, 2.75) is 45.1 Å². The minimum absolute atomic E-state index is 0.296. The van der Waals surface area contributed by atoms with E-state index in [2.05, 4.69) is 18.9 Å². The lowest BCUT2D eigenvalue weighted by atomic mass is 9.84. The number of nitrogens with zero attached hydrogens (tertiary/aromatic N) is 1. The standard InChI is InChI=1S/C11H23NO/c1-3-10-4-6-11(7-5-10)12(2)8-9-13/h10-11,13H,3-9H2,1-2H3. The van der Waals surface area contributed by atoms with Crippen molar-refractivity contribution < 1.29 is 5.11 Å². The number of hydrogen-bond donors (Lipinski definition) is 1. The van der Waals surface area contributed by atoms with Crippen LogP contribution in [0.25, 0.3) is 0 Å². The number of rotatable bonds is 4. The molecule has 0 spiro atoms. The highest BCUT2D eigenvalue weighted by Crippen LogP contribution is 2.28. The molecule has 0 heterocycles. The topological polar surface area (TPSA) is 23.5 Å².